The van der Waals surface area contributed by atoms with Gasteiger partial charge in [-0.05, 0) is 22.9 Å². The van der Waals surface area contributed by atoms with Crippen LogP contribution in [0.5, 0.6) is 0 Å². The molecular formula is C15H18N2O. The first-order valence-electron chi connectivity index (χ1n) is 6.17. The van der Waals surface area contributed by atoms with E-state index in [4.69, 9.17) is 0 Å². The maximum absolute atomic E-state index is 11.7. The fourth-order valence-corrected chi connectivity index (χ4v) is 1.77. The van der Waals surface area contributed by atoms with Crippen molar-refractivity contribution in [2.75, 3.05) is 11.9 Å². The Kier molecular flexibility index (Phi) is 3.95. The van der Waals surface area contributed by atoms with Crippen LogP contribution in [0, 0.1) is 0 Å². The predicted octanol–water partition coefficient (Wildman–Crippen LogP) is 2.78. The minimum Gasteiger partial charge on any atom is -0.325 e. The molecule has 0 heterocycles. The van der Waals surface area contributed by atoms with Gasteiger partial charge in [0.25, 0.3) is 0 Å². The van der Waals surface area contributed by atoms with Crippen molar-refractivity contribution in [2.24, 2.45) is 0 Å². The van der Waals surface area contributed by atoms with Gasteiger partial charge >= 0.3 is 0 Å². The molecular weight excluding hydrogens is 224 g/mol. The average molecular weight is 242 g/mol. The fourth-order valence-electron chi connectivity index (χ4n) is 1.77. The van der Waals surface area contributed by atoms with Gasteiger partial charge in [-0.15, -0.1) is 0 Å². The number of hydrogen-bond acceptors (Lipinski definition) is 2. The quantitative estimate of drug-likeness (QED) is 0.865. The summed E-state index contributed by atoms with van der Waals surface area (Å²) in [4.78, 5) is 11.7. The molecule has 2 N–H and O–H groups in total. The Bertz CT molecular complexity index is 549. The van der Waals surface area contributed by atoms with Crippen molar-refractivity contribution in [2.45, 2.75) is 19.9 Å². The van der Waals surface area contributed by atoms with Crippen LogP contribution in [0.2, 0.25) is 0 Å². The third-order valence-corrected chi connectivity index (χ3v) is 2.70. The van der Waals surface area contributed by atoms with Gasteiger partial charge in [0.15, 0.2) is 0 Å². The smallest absolute Gasteiger partial charge is 0.238 e. The molecule has 94 valence electrons. The molecule has 0 fully saturated rings. The van der Waals surface area contributed by atoms with Gasteiger partial charge in [0.05, 0.1) is 6.54 Å². The normalized spacial score (nSPS) is 10.8. The third kappa shape index (κ3) is 3.31. The second-order valence-corrected chi connectivity index (χ2v) is 4.65. The number of amides is 1. The Morgan fingerprint density at radius 3 is 2.56 bits per heavy atom. The molecule has 2 aromatic carbocycles. The van der Waals surface area contributed by atoms with E-state index < -0.39 is 0 Å². The van der Waals surface area contributed by atoms with Gasteiger partial charge in [-0.25, -0.2) is 0 Å². The molecule has 2 rings (SSSR count). The molecule has 0 saturated carbocycles. The summed E-state index contributed by atoms with van der Waals surface area (Å²) in [6, 6.07) is 14.3. The highest BCUT2D eigenvalue weighted by atomic mass is 16.1. The van der Waals surface area contributed by atoms with Gasteiger partial charge < -0.3 is 10.6 Å². The molecule has 0 saturated heterocycles. The van der Waals surface area contributed by atoms with Crippen molar-refractivity contribution in [3.63, 3.8) is 0 Å². The van der Waals surface area contributed by atoms with E-state index in [2.05, 4.69) is 16.7 Å². The Morgan fingerprint density at radius 2 is 1.83 bits per heavy atom. The van der Waals surface area contributed by atoms with Gasteiger partial charge in [-0.2, -0.15) is 0 Å². The molecule has 0 atom stereocenters. The van der Waals surface area contributed by atoms with Crippen molar-refractivity contribution in [1.29, 1.82) is 0 Å². The lowest BCUT2D eigenvalue weighted by Crippen LogP contribution is -2.32. The maximum Gasteiger partial charge on any atom is 0.238 e. The van der Waals surface area contributed by atoms with Crippen molar-refractivity contribution in [1.82, 2.24) is 5.32 Å². The van der Waals surface area contributed by atoms with Crippen LogP contribution in [-0.4, -0.2) is 18.5 Å². The van der Waals surface area contributed by atoms with E-state index in [0.717, 1.165) is 11.1 Å². The molecule has 3 heteroatoms. The average Bonchev–Trinajstić information content (AvgIpc) is 2.36. The number of carbonyl (C=O) groups excluding carboxylic acids is 1. The van der Waals surface area contributed by atoms with Crippen LogP contribution in [0.15, 0.2) is 42.5 Å². The van der Waals surface area contributed by atoms with Gasteiger partial charge in [0, 0.05) is 11.7 Å². The molecule has 0 aliphatic rings. The van der Waals surface area contributed by atoms with E-state index in [9.17, 15) is 4.79 Å². The van der Waals surface area contributed by atoms with E-state index in [1.165, 1.54) is 5.39 Å². The van der Waals surface area contributed by atoms with Gasteiger partial charge in [-0.3, -0.25) is 4.79 Å². The number of carbonyl (C=O) groups is 1. The van der Waals surface area contributed by atoms with Crippen LogP contribution in [0.4, 0.5) is 5.69 Å². The summed E-state index contributed by atoms with van der Waals surface area (Å²) in [7, 11) is 0. The fraction of sp³-hybridized carbons (Fsp3) is 0.267. The number of rotatable bonds is 4. The highest BCUT2D eigenvalue weighted by molar-refractivity contribution is 5.95. The third-order valence-electron chi connectivity index (χ3n) is 2.70. The summed E-state index contributed by atoms with van der Waals surface area (Å²) >= 11 is 0. The molecule has 2 aromatic rings. The Balaban J connectivity index is 2.05. The lowest BCUT2D eigenvalue weighted by Gasteiger charge is -2.09. The van der Waals surface area contributed by atoms with Gasteiger partial charge in [0.1, 0.15) is 0 Å². The second kappa shape index (κ2) is 5.65. The lowest BCUT2D eigenvalue weighted by atomic mass is 10.1. The van der Waals surface area contributed by atoms with Crippen LogP contribution in [-0.2, 0) is 4.79 Å². The number of benzene rings is 2. The van der Waals surface area contributed by atoms with Crippen LogP contribution < -0.4 is 10.6 Å². The number of hydrogen-bond donors (Lipinski definition) is 2. The lowest BCUT2D eigenvalue weighted by molar-refractivity contribution is -0.115. The Labute approximate surface area is 107 Å². The molecule has 0 unspecified atom stereocenters. The SMILES string of the molecule is CC(C)NCC(=O)Nc1ccc2ccccc2c1. The van der Waals surface area contributed by atoms with Crippen LogP contribution in [0.3, 0.4) is 0 Å². The monoisotopic (exact) mass is 242 g/mol. The maximum atomic E-state index is 11.7. The van der Waals surface area contributed by atoms with E-state index >= 15 is 0 Å². The zero-order valence-corrected chi connectivity index (χ0v) is 10.7. The standard InChI is InChI=1S/C15H18N2O/c1-11(2)16-10-15(18)17-14-8-7-12-5-3-4-6-13(12)9-14/h3-9,11,16H,10H2,1-2H3,(H,17,18). The minimum atomic E-state index is -0.0148. The molecule has 0 spiro atoms. The zero-order chi connectivity index (χ0) is 13.0. The highest BCUT2D eigenvalue weighted by Crippen LogP contribution is 2.18. The zero-order valence-electron chi connectivity index (χ0n) is 10.7. The van der Waals surface area contributed by atoms with Crippen LogP contribution >= 0.6 is 0 Å². The number of anilines is 1. The first-order valence-corrected chi connectivity index (χ1v) is 6.17. The molecule has 0 radical (unpaired) electrons. The van der Waals surface area contributed by atoms with Crippen molar-refractivity contribution in [3.05, 3.63) is 42.5 Å². The summed E-state index contributed by atoms with van der Waals surface area (Å²) in [5, 5.41) is 8.29. The van der Waals surface area contributed by atoms with E-state index in [0.29, 0.717) is 12.6 Å². The molecule has 0 aliphatic heterocycles. The van der Waals surface area contributed by atoms with E-state index in [1.54, 1.807) is 0 Å². The molecule has 0 bridgehead atoms. The summed E-state index contributed by atoms with van der Waals surface area (Å²) in [6.07, 6.45) is 0. The Hall–Kier alpha value is -1.87. The molecule has 18 heavy (non-hydrogen) atoms. The summed E-state index contributed by atoms with van der Waals surface area (Å²) in [5.41, 5.74) is 0.837. The van der Waals surface area contributed by atoms with Crippen molar-refractivity contribution < 1.29 is 4.79 Å². The summed E-state index contributed by atoms with van der Waals surface area (Å²) in [5.74, 6) is -0.0148. The van der Waals surface area contributed by atoms with Gasteiger partial charge in [0.2, 0.25) is 5.91 Å². The highest BCUT2D eigenvalue weighted by Gasteiger charge is 2.03. The molecule has 0 aliphatic carbocycles. The topological polar surface area (TPSA) is 41.1 Å². The first kappa shape index (κ1) is 12.6. The van der Waals surface area contributed by atoms with Gasteiger partial charge in [-0.1, -0.05) is 44.2 Å². The Morgan fingerprint density at radius 1 is 1.11 bits per heavy atom. The first-order chi connectivity index (χ1) is 8.65. The van der Waals surface area contributed by atoms with Crippen molar-refractivity contribution in [3.8, 4) is 0 Å². The summed E-state index contributed by atoms with van der Waals surface area (Å²) in [6.45, 7) is 4.37. The summed E-state index contributed by atoms with van der Waals surface area (Å²) < 4.78 is 0. The van der Waals surface area contributed by atoms with E-state index in [1.807, 2.05) is 50.2 Å². The largest absolute Gasteiger partial charge is 0.325 e. The molecule has 1 amide bonds. The van der Waals surface area contributed by atoms with Crippen LogP contribution in [0.1, 0.15) is 13.8 Å². The van der Waals surface area contributed by atoms with E-state index in [-0.39, 0.29) is 5.91 Å². The van der Waals surface area contributed by atoms with Crippen LogP contribution in [0.25, 0.3) is 10.8 Å². The van der Waals surface area contributed by atoms with Crippen molar-refractivity contribution >= 4 is 22.4 Å². The number of fused-ring (bicyclic) bond motifs is 1. The predicted molar refractivity (Wildman–Crippen MR) is 75.7 cm³/mol. The molecule has 3 nitrogen and oxygen atoms in total. The molecule has 0 aromatic heterocycles. The number of nitrogens with one attached hydrogen (secondary N) is 2. The minimum absolute atomic E-state index is 0.0148. The second-order valence-electron chi connectivity index (χ2n) is 4.65.